The first-order chi connectivity index (χ1) is 9.75. The first kappa shape index (κ1) is 17.8. The summed E-state index contributed by atoms with van der Waals surface area (Å²) in [4.78, 5) is 0.0863. The van der Waals surface area contributed by atoms with Crippen molar-refractivity contribution in [3.8, 4) is 0 Å². The summed E-state index contributed by atoms with van der Waals surface area (Å²) < 4.78 is 23.2. The van der Waals surface area contributed by atoms with Crippen LogP contribution in [0.4, 0.5) is 11.4 Å². The minimum absolute atomic E-state index is 0.0863. The van der Waals surface area contributed by atoms with E-state index in [2.05, 4.69) is 19.2 Å². The second kappa shape index (κ2) is 7.66. The summed E-state index contributed by atoms with van der Waals surface area (Å²) in [5, 5.41) is 8.57. The van der Waals surface area contributed by atoms with Crippen molar-refractivity contribution >= 4 is 21.4 Å². The molecule has 1 aromatic carbocycles. The lowest BCUT2D eigenvalue weighted by molar-refractivity contribution is 0.592. The van der Waals surface area contributed by atoms with Gasteiger partial charge in [-0.25, -0.2) is 13.6 Å². The highest BCUT2D eigenvalue weighted by atomic mass is 32.2. The number of hydrogen-bond acceptors (Lipinski definition) is 4. The van der Waals surface area contributed by atoms with Crippen LogP contribution in [0.3, 0.4) is 0 Å². The topological polar surface area (TPSA) is 98.2 Å². The SMILES string of the molecule is CCCCCCC(C)Nc1cc(N)cc(S(N)(=O)=O)c1C. The first-order valence-corrected chi connectivity index (χ1v) is 8.99. The summed E-state index contributed by atoms with van der Waals surface area (Å²) in [6.45, 7) is 6.02. The predicted octanol–water partition coefficient (Wildman–Crippen LogP) is 3.00. The summed E-state index contributed by atoms with van der Waals surface area (Å²) in [5.41, 5.74) is 7.53. The van der Waals surface area contributed by atoms with Crippen molar-refractivity contribution < 1.29 is 8.42 Å². The Morgan fingerprint density at radius 2 is 1.90 bits per heavy atom. The number of unbranched alkanes of at least 4 members (excludes halogenated alkanes) is 3. The van der Waals surface area contributed by atoms with E-state index in [1.807, 2.05) is 0 Å². The molecule has 0 aliphatic carbocycles. The molecule has 0 aliphatic heterocycles. The van der Waals surface area contributed by atoms with Gasteiger partial charge in [-0.1, -0.05) is 32.6 Å². The van der Waals surface area contributed by atoms with Crippen molar-refractivity contribution in [2.24, 2.45) is 5.14 Å². The molecule has 0 bridgehead atoms. The van der Waals surface area contributed by atoms with Crippen molar-refractivity contribution in [2.75, 3.05) is 11.1 Å². The summed E-state index contributed by atoms with van der Waals surface area (Å²) >= 11 is 0. The molecule has 1 unspecified atom stereocenters. The van der Waals surface area contributed by atoms with E-state index in [1.165, 1.54) is 25.3 Å². The summed E-state index contributed by atoms with van der Waals surface area (Å²) in [6.07, 6.45) is 5.89. The van der Waals surface area contributed by atoms with E-state index in [0.717, 1.165) is 18.5 Å². The number of nitrogens with two attached hydrogens (primary N) is 2. The van der Waals surface area contributed by atoms with E-state index in [0.29, 0.717) is 11.3 Å². The molecule has 0 fully saturated rings. The van der Waals surface area contributed by atoms with Gasteiger partial charge in [-0.3, -0.25) is 0 Å². The third-order valence-electron chi connectivity index (χ3n) is 3.58. The van der Waals surface area contributed by atoms with Crippen LogP contribution in [0.15, 0.2) is 17.0 Å². The lowest BCUT2D eigenvalue weighted by atomic mass is 10.1. The van der Waals surface area contributed by atoms with Crippen LogP contribution in [-0.4, -0.2) is 14.5 Å². The van der Waals surface area contributed by atoms with Gasteiger partial charge in [-0.05, 0) is 38.0 Å². The van der Waals surface area contributed by atoms with Crippen molar-refractivity contribution in [3.05, 3.63) is 17.7 Å². The van der Waals surface area contributed by atoms with Crippen LogP contribution in [0.1, 0.15) is 51.5 Å². The fourth-order valence-electron chi connectivity index (χ4n) is 2.37. The van der Waals surface area contributed by atoms with Crippen molar-refractivity contribution in [3.63, 3.8) is 0 Å². The molecular formula is C15H27N3O2S. The van der Waals surface area contributed by atoms with Crippen molar-refractivity contribution in [1.29, 1.82) is 0 Å². The number of nitrogens with one attached hydrogen (secondary N) is 1. The Morgan fingerprint density at radius 1 is 1.24 bits per heavy atom. The molecule has 1 rings (SSSR count). The Kier molecular flexibility index (Phi) is 6.48. The molecule has 0 saturated heterocycles. The molecule has 0 radical (unpaired) electrons. The van der Waals surface area contributed by atoms with Crippen LogP contribution in [0.2, 0.25) is 0 Å². The zero-order valence-corrected chi connectivity index (χ0v) is 14.0. The van der Waals surface area contributed by atoms with Gasteiger partial charge in [-0.2, -0.15) is 0 Å². The van der Waals surface area contributed by atoms with Gasteiger partial charge in [0.25, 0.3) is 0 Å². The third kappa shape index (κ3) is 5.55. The highest BCUT2D eigenvalue weighted by molar-refractivity contribution is 7.89. The Balaban J connectivity index is 2.82. The third-order valence-corrected chi connectivity index (χ3v) is 4.62. The Hall–Kier alpha value is -1.27. The monoisotopic (exact) mass is 313 g/mol. The fraction of sp³-hybridized carbons (Fsp3) is 0.600. The van der Waals surface area contributed by atoms with Crippen molar-refractivity contribution in [2.45, 2.75) is 63.8 Å². The highest BCUT2D eigenvalue weighted by Crippen LogP contribution is 2.27. The Labute approximate surface area is 128 Å². The zero-order chi connectivity index (χ0) is 16.0. The molecule has 5 N–H and O–H groups in total. The average Bonchev–Trinajstić information content (AvgIpc) is 2.37. The number of rotatable bonds is 8. The van der Waals surface area contributed by atoms with Crippen molar-refractivity contribution in [1.82, 2.24) is 0 Å². The normalized spacial score (nSPS) is 13.1. The van der Waals surface area contributed by atoms with Crippen LogP contribution >= 0.6 is 0 Å². The molecule has 21 heavy (non-hydrogen) atoms. The Morgan fingerprint density at radius 3 is 2.48 bits per heavy atom. The number of primary sulfonamides is 1. The average molecular weight is 313 g/mol. The lowest BCUT2D eigenvalue weighted by Gasteiger charge is -2.19. The number of nitrogen functional groups attached to an aromatic ring is 1. The van der Waals surface area contributed by atoms with E-state index in [1.54, 1.807) is 13.0 Å². The smallest absolute Gasteiger partial charge is 0.238 e. The summed E-state index contributed by atoms with van der Waals surface area (Å²) in [5.74, 6) is 0. The van der Waals surface area contributed by atoms with E-state index >= 15 is 0 Å². The molecule has 0 heterocycles. The quantitative estimate of drug-likeness (QED) is 0.507. The molecule has 1 aromatic rings. The van der Waals surface area contributed by atoms with Gasteiger partial charge in [0.15, 0.2) is 0 Å². The lowest BCUT2D eigenvalue weighted by Crippen LogP contribution is -2.19. The standard InChI is InChI=1S/C15H27N3O2S/c1-4-5-6-7-8-11(2)18-14-9-13(16)10-15(12(14)3)21(17,19)20/h9-11,18H,4-8,16H2,1-3H3,(H2,17,19,20). The minimum atomic E-state index is -3.76. The maximum Gasteiger partial charge on any atom is 0.238 e. The molecule has 0 aromatic heterocycles. The van der Waals surface area contributed by atoms with Gasteiger partial charge >= 0.3 is 0 Å². The molecule has 0 aliphatic rings. The second-order valence-electron chi connectivity index (χ2n) is 5.63. The molecule has 1 atom stereocenters. The number of benzene rings is 1. The van der Waals surface area contributed by atoms with Gasteiger partial charge in [0.1, 0.15) is 0 Å². The molecule has 5 nitrogen and oxygen atoms in total. The van der Waals surface area contributed by atoms with Gasteiger partial charge in [0.05, 0.1) is 4.90 Å². The van der Waals surface area contributed by atoms with Gasteiger partial charge in [0.2, 0.25) is 10.0 Å². The summed E-state index contributed by atoms with van der Waals surface area (Å²) in [7, 11) is -3.76. The van der Waals surface area contributed by atoms with E-state index in [9.17, 15) is 8.42 Å². The Bertz CT molecular complexity index is 571. The van der Waals surface area contributed by atoms with E-state index in [-0.39, 0.29) is 10.9 Å². The zero-order valence-electron chi connectivity index (χ0n) is 13.1. The second-order valence-corrected chi connectivity index (χ2v) is 7.16. The van der Waals surface area contributed by atoms with E-state index < -0.39 is 10.0 Å². The molecule has 0 saturated carbocycles. The minimum Gasteiger partial charge on any atom is -0.399 e. The summed E-state index contributed by atoms with van der Waals surface area (Å²) in [6, 6.07) is 3.42. The van der Waals surface area contributed by atoms with Crippen LogP contribution in [0.5, 0.6) is 0 Å². The first-order valence-electron chi connectivity index (χ1n) is 7.45. The number of sulfonamides is 1. The maximum atomic E-state index is 11.6. The van der Waals surface area contributed by atoms with Gasteiger partial charge < -0.3 is 11.1 Å². The molecule has 120 valence electrons. The molecule has 6 heteroatoms. The largest absolute Gasteiger partial charge is 0.399 e. The van der Waals surface area contributed by atoms with E-state index in [4.69, 9.17) is 10.9 Å². The number of hydrogen-bond donors (Lipinski definition) is 3. The van der Waals surface area contributed by atoms with Crippen LogP contribution < -0.4 is 16.2 Å². The van der Waals surface area contributed by atoms with Crippen LogP contribution in [-0.2, 0) is 10.0 Å². The fourth-order valence-corrected chi connectivity index (χ4v) is 3.21. The van der Waals surface area contributed by atoms with Gasteiger partial charge in [-0.15, -0.1) is 0 Å². The maximum absolute atomic E-state index is 11.6. The molecular weight excluding hydrogens is 286 g/mol. The molecule has 0 spiro atoms. The molecule has 0 amide bonds. The predicted molar refractivity (Wildman–Crippen MR) is 88.8 cm³/mol. The highest BCUT2D eigenvalue weighted by Gasteiger charge is 2.16. The van der Waals surface area contributed by atoms with Crippen LogP contribution in [0.25, 0.3) is 0 Å². The number of anilines is 2. The van der Waals surface area contributed by atoms with Gasteiger partial charge in [0, 0.05) is 17.4 Å². The van der Waals surface area contributed by atoms with Crippen LogP contribution in [0, 0.1) is 6.92 Å².